The summed E-state index contributed by atoms with van der Waals surface area (Å²) >= 11 is 0. The molecule has 0 saturated carbocycles. The van der Waals surface area contributed by atoms with Gasteiger partial charge in [-0.2, -0.15) is 0 Å². The molecular formula is C20H20N2O4. The monoisotopic (exact) mass is 352 g/mol. The van der Waals surface area contributed by atoms with Gasteiger partial charge in [0.25, 0.3) is 0 Å². The summed E-state index contributed by atoms with van der Waals surface area (Å²) in [5.41, 5.74) is 2.39. The first kappa shape index (κ1) is 17.5. The maximum atomic E-state index is 12.1. The van der Waals surface area contributed by atoms with Crippen LogP contribution in [-0.2, 0) is 17.8 Å². The van der Waals surface area contributed by atoms with E-state index in [-0.39, 0.29) is 12.3 Å². The zero-order valence-electron chi connectivity index (χ0n) is 14.7. The summed E-state index contributed by atoms with van der Waals surface area (Å²) in [7, 11) is 3.22. The predicted molar refractivity (Wildman–Crippen MR) is 97.0 cm³/mol. The maximum Gasteiger partial charge on any atom is 0.226 e. The van der Waals surface area contributed by atoms with Crippen LogP contribution in [0.15, 0.2) is 59.1 Å². The van der Waals surface area contributed by atoms with Crippen molar-refractivity contribution in [3.63, 3.8) is 0 Å². The van der Waals surface area contributed by atoms with Gasteiger partial charge in [0.05, 0.1) is 26.3 Å². The van der Waals surface area contributed by atoms with E-state index in [2.05, 4.69) is 10.5 Å². The van der Waals surface area contributed by atoms with Gasteiger partial charge in [0.1, 0.15) is 11.5 Å². The highest BCUT2D eigenvalue weighted by molar-refractivity contribution is 5.78. The molecule has 0 aliphatic heterocycles. The van der Waals surface area contributed by atoms with Gasteiger partial charge in [-0.1, -0.05) is 29.4 Å². The average Bonchev–Trinajstić information content (AvgIpc) is 3.15. The minimum atomic E-state index is -0.127. The number of rotatable bonds is 7. The van der Waals surface area contributed by atoms with Gasteiger partial charge in [-0.3, -0.25) is 4.79 Å². The van der Waals surface area contributed by atoms with Crippen LogP contribution in [0.2, 0.25) is 0 Å². The van der Waals surface area contributed by atoms with Gasteiger partial charge in [0.15, 0.2) is 5.76 Å². The highest BCUT2D eigenvalue weighted by Gasteiger charge is 2.11. The summed E-state index contributed by atoms with van der Waals surface area (Å²) in [6.07, 6.45) is 0.150. The zero-order valence-corrected chi connectivity index (χ0v) is 14.7. The Balaban J connectivity index is 1.58. The molecule has 6 heteroatoms. The third-order valence-corrected chi connectivity index (χ3v) is 3.88. The minimum Gasteiger partial charge on any atom is -0.497 e. The van der Waals surface area contributed by atoms with Crippen LogP contribution in [0.25, 0.3) is 11.3 Å². The number of ether oxygens (including phenoxy) is 2. The summed E-state index contributed by atoms with van der Waals surface area (Å²) in [5, 5.41) is 6.84. The molecular weight excluding hydrogens is 332 g/mol. The first-order valence-electron chi connectivity index (χ1n) is 8.17. The Morgan fingerprint density at radius 1 is 1.04 bits per heavy atom. The number of hydrogen-bond acceptors (Lipinski definition) is 5. The normalized spacial score (nSPS) is 10.4. The largest absolute Gasteiger partial charge is 0.497 e. The molecule has 3 rings (SSSR count). The topological polar surface area (TPSA) is 73.6 Å². The number of carbonyl (C=O) groups excluding carboxylic acids is 1. The van der Waals surface area contributed by atoms with Crippen LogP contribution >= 0.6 is 0 Å². The lowest BCUT2D eigenvalue weighted by molar-refractivity contribution is -0.120. The molecule has 0 bridgehead atoms. The fraction of sp³-hybridized carbons (Fsp3) is 0.200. The van der Waals surface area contributed by atoms with E-state index in [1.807, 2.05) is 48.5 Å². The molecule has 0 atom stereocenters. The number of benzene rings is 2. The van der Waals surface area contributed by atoms with Gasteiger partial charge >= 0.3 is 0 Å². The molecule has 1 amide bonds. The van der Waals surface area contributed by atoms with Gasteiger partial charge < -0.3 is 19.3 Å². The van der Waals surface area contributed by atoms with E-state index in [1.54, 1.807) is 20.3 Å². The van der Waals surface area contributed by atoms with Gasteiger partial charge in [-0.15, -0.1) is 0 Å². The quantitative estimate of drug-likeness (QED) is 0.707. The molecule has 1 aromatic heterocycles. The van der Waals surface area contributed by atoms with Crippen molar-refractivity contribution in [3.05, 3.63) is 65.9 Å². The molecule has 6 nitrogen and oxygen atoms in total. The van der Waals surface area contributed by atoms with Crippen LogP contribution < -0.4 is 14.8 Å². The molecule has 0 unspecified atom stereocenters. The molecule has 1 heterocycles. The van der Waals surface area contributed by atoms with E-state index < -0.39 is 0 Å². The predicted octanol–water partition coefficient (Wildman–Crippen LogP) is 3.22. The Hall–Kier alpha value is -3.28. The van der Waals surface area contributed by atoms with Crippen molar-refractivity contribution < 1.29 is 18.8 Å². The third kappa shape index (κ3) is 4.42. The standard InChI is InChI=1S/C20H20N2O4/c1-24-17-7-3-5-14(9-17)13-21-20(23)12-16-11-19(26-22-16)15-6-4-8-18(10-15)25-2/h3-11H,12-13H2,1-2H3,(H,21,23). The van der Waals surface area contributed by atoms with E-state index in [9.17, 15) is 4.79 Å². The van der Waals surface area contributed by atoms with Crippen molar-refractivity contribution in [1.29, 1.82) is 0 Å². The van der Waals surface area contributed by atoms with E-state index in [0.29, 0.717) is 18.0 Å². The summed E-state index contributed by atoms with van der Waals surface area (Å²) in [6, 6.07) is 16.8. The van der Waals surface area contributed by atoms with E-state index in [0.717, 1.165) is 22.6 Å². The summed E-state index contributed by atoms with van der Waals surface area (Å²) in [5.74, 6) is 1.96. The smallest absolute Gasteiger partial charge is 0.226 e. The number of aromatic nitrogens is 1. The first-order valence-corrected chi connectivity index (χ1v) is 8.17. The van der Waals surface area contributed by atoms with E-state index in [1.165, 1.54) is 0 Å². The van der Waals surface area contributed by atoms with Crippen LogP contribution in [0.4, 0.5) is 0 Å². The minimum absolute atomic E-state index is 0.127. The number of amides is 1. The van der Waals surface area contributed by atoms with Crippen molar-refractivity contribution in [1.82, 2.24) is 10.5 Å². The second kappa shape index (κ2) is 8.20. The molecule has 3 aromatic rings. The number of nitrogens with zero attached hydrogens (tertiary/aromatic N) is 1. The Morgan fingerprint density at radius 3 is 2.54 bits per heavy atom. The van der Waals surface area contributed by atoms with Crippen LogP contribution in [0, 0.1) is 0 Å². The average molecular weight is 352 g/mol. The van der Waals surface area contributed by atoms with Crippen molar-refractivity contribution in [2.75, 3.05) is 14.2 Å². The Kier molecular flexibility index (Phi) is 5.53. The second-order valence-electron chi connectivity index (χ2n) is 5.72. The SMILES string of the molecule is COc1cccc(CNC(=O)Cc2cc(-c3cccc(OC)c3)on2)c1. The highest BCUT2D eigenvalue weighted by atomic mass is 16.5. The van der Waals surface area contributed by atoms with Crippen molar-refractivity contribution in [2.45, 2.75) is 13.0 Å². The lowest BCUT2D eigenvalue weighted by atomic mass is 10.1. The summed E-state index contributed by atoms with van der Waals surface area (Å²) in [4.78, 5) is 12.1. The molecule has 0 spiro atoms. The number of nitrogens with one attached hydrogen (secondary N) is 1. The molecule has 0 fully saturated rings. The van der Waals surface area contributed by atoms with E-state index >= 15 is 0 Å². The van der Waals surface area contributed by atoms with Crippen molar-refractivity contribution >= 4 is 5.91 Å². The maximum absolute atomic E-state index is 12.1. The third-order valence-electron chi connectivity index (χ3n) is 3.88. The Bertz CT molecular complexity index is 889. The molecule has 26 heavy (non-hydrogen) atoms. The van der Waals surface area contributed by atoms with Crippen LogP contribution in [0.5, 0.6) is 11.5 Å². The van der Waals surface area contributed by atoms with E-state index in [4.69, 9.17) is 14.0 Å². The number of carbonyl (C=O) groups is 1. The Labute approximate surface area is 151 Å². The van der Waals surface area contributed by atoms with Gasteiger partial charge in [0, 0.05) is 18.2 Å². The van der Waals surface area contributed by atoms with Crippen LogP contribution in [-0.4, -0.2) is 25.3 Å². The Morgan fingerprint density at radius 2 is 1.77 bits per heavy atom. The molecule has 0 radical (unpaired) electrons. The van der Waals surface area contributed by atoms with Gasteiger partial charge in [-0.05, 0) is 29.8 Å². The van der Waals surface area contributed by atoms with Gasteiger partial charge in [-0.25, -0.2) is 0 Å². The van der Waals surface area contributed by atoms with Crippen LogP contribution in [0.3, 0.4) is 0 Å². The summed E-state index contributed by atoms with van der Waals surface area (Å²) < 4.78 is 15.7. The van der Waals surface area contributed by atoms with Crippen LogP contribution in [0.1, 0.15) is 11.3 Å². The first-order chi connectivity index (χ1) is 12.7. The van der Waals surface area contributed by atoms with Crippen molar-refractivity contribution in [3.8, 4) is 22.8 Å². The highest BCUT2D eigenvalue weighted by Crippen LogP contribution is 2.24. The number of hydrogen-bond donors (Lipinski definition) is 1. The molecule has 0 aliphatic carbocycles. The lowest BCUT2D eigenvalue weighted by Gasteiger charge is -2.06. The number of methoxy groups -OCH3 is 2. The molecule has 2 aromatic carbocycles. The van der Waals surface area contributed by atoms with Crippen molar-refractivity contribution in [2.24, 2.45) is 0 Å². The zero-order chi connectivity index (χ0) is 18.4. The molecule has 0 saturated heterocycles. The fourth-order valence-electron chi connectivity index (χ4n) is 2.52. The molecule has 134 valence electrons. The molecule has 1 N–H and O–H groups in total. The fourth-order valence-corrected chi connectivity index (χ4v) is 2.52. The summed E-state index contributed by atoms with van der Waals surface area (Å²) in [6.45, 7) is 0.427. The van der Waals surface area contributed by atoms with Gasteiger partial charge in [0.2, 0.25) is 5.91 Å². The lowest BCUT2D eigenvalue weighted by Crippen LogP contribution is -2.24. The second-order valence-corrected chi connectivity index (χ2v) is 5.72. The molecule has 0 aliphatic rings.